The minimum atomic E-state index is -4.58. The van der Waals surface area contributed by atoms with E-state index in [1.165, 1.54) is 6.42 Å². The summed E-state index contributed by atoms with van der Waals surface area (Å²) in [5, 5.41) is 9.75. The van der Waals surface area contributed by atoms with Crippen molar-refractivity contribution in [2.24, 2.45) is 17.8 Å². The number of carbonyl (C=O) groups is 2. The summed E-state index contributed by atoms with van der Waals surface area (Å²) in [5.41, 5.74) is 8.83. The number of hydroxylamine groups is 1. The van der Waals surface area contributed by atoms with E-state index in [2.05, 4.69) is 37.0 Å². The molecule has 212 valence electrons. The van der Waals surface area contributed by atoms with Crippen LogP contribution in [0.3, 0.4) is 0 Å². The van der Waals surface area contributed by atoms with Crippen molar-refractivity contribution in [3.05, 3.63) is 0 Å². The Morgan fingerprint density at radius 1 is 1.05 bits per heavy atom. The summed E-state index contributed by atoms with van der Waals surface area (Å²) in [4.78, 5) is 29.8. The average Bonchev–Trinajstić information content (AvgIpc) is 3.35. The highest BCUT2D eigenvalue weighted by molar-refractivity contribution is 5.79. The molecule has 0 aromatic carbocycles. The molecule has 2 aliphatic heterocycles. The fourth-order valence-corrected chi connectivity index (χ4v) is 6.05. The van der Waals surface area contributed by atoms with E-state index in [0.29, 0.717) is 51.0 Å². The normalized spacial score (nSPS) is 34.6. The van der Waals surface area contributed by atoms with Gasteiger partial charge >= 0.3 is 6.36 Å². The molecule has 0 radical (unpaired) electrons. The van der Waals surface area contributed by atoms with Crippen LogP contribution in [0.4, 0.5) is 13.2 Å². The number of ether oxygens (including phenoxy) is 1. The standard InChI is InChI=1S/C24H41F3N6O4/c25-24(26,27)36-16-9-7-15(8-10-16)21-30-20(37-33-21)12-11-19(34)28-13-3-4-14-29-22-17-5-1-2-6-18(17)23(35)32-31-22/h15-18,20-22,29-31,33H,1-14H2,(H,28,34)(H,32,35). The van der Waals surface area contributed by atoms with Crippen LogP contribution in [0.1, 0.15) is 77.0 Å². The van der Waals surface area contributed by atoms with Crippen molar-refractivity contribution in [3.63, 3.8) is 0 Å². The van der Waals surface area contributed by atoms with Gasteiger partial charge < -0.3 is 10.6 Å². The summed E-state index contributed by atoms with van der Waals surface area (Å²) in [6.07, 6.45) is 3.15. The molecule has 13 heteroatoms. The minimum Gasteiger partial charge on any atom is -0.356 e. The Morgan fingerprint density at radius 3 is 2.59 bits per heavy atom. The molecule has 2 amide bonds. The van der Waals surface area contributed by atoms with Gasteiger partial charge in [0.05, 0.1) is 18.4 Å². The van der Waals surface area contributed by atoms with Gasteiger partial charge in [0.25, 0.3) is 0 Å². The van der Waals surface area contributed by atoms with Crippen molar-refractivity contribution >= 4 is 11.8 Å². The summed E-state index contributed by atoms with van der Waals surface area (Å²) in [5.74, 6) is 0.666. The first kappa shape index (κ1) is 28.5. The fourth-order valence-electron chi connectivity index (χ4n) is 6.05. The monoisotopic (exact) mass is 534 g/mol. The van der Waals surface area contributed by atoms with E-state index >= 15 is 0 Å². The van der Waals surface area contributed by atoms with Crippen molar-refractivity contribution in [2.75, 3.05) is 13.1 Å². The Hall–Kier alpha value is -1.51. The lowest BCUT2D eigenvalue weighted by molar-refractivity contribution is -0.345. The molecular weight excluding hydrogens is 493 g/mol. The second kappa shape index (κ2) is 13.5. The number of hydrogen-bond acceptors (Lipinski definition) is 8. The number of rotatable bonds is 11. The molecular formula is C24H41F3N6O4. The number of alkyl halides is 3. The zero-order chi connectivity index (χ0) is 26.3. The Morgan fingerprint density at radius 2 is 1.81 bits per heavy atom. The van der Waals surface area contributed by atoms with Crippen LogP contribution in [0.25, 0.3) is 0 Å². The van der Waals surface area contributed by atoms with Crippen LogP contribution in [0, 0.1) is 17.8 Å². The number of halogens is 3. The molecule has 37 heavy (non-hydrogen) atoms. The summed E-state index contributed by atoms with van der Waals surface area (Å²) in [6.45, 7) is 1.41. The average molecular weight is 535 g/mol. The van der Waals surface area contributed by atoms with Crippen LogP contribution in [0.15, 0.2) is 0 Å². The number of amides is 2. The van der Waals surface area contributed by atoms with Crippen molar-refractivity contribution in [1.29, 1.82) is 0 Å². The van der Waals surface area contributed by atoms with Gasteiger partial charge in [0.2, 0.25) is 11.8 Å². The number of nitrogens with one attached hydrogen (secondary N) is 6. The predicted octanol–water partition coefficient (Wildman–Crippen LogP) is 1.89. The van der Waals surface area contributed by atoms with Crippen LogP contribution < -0.4 is 32.3 Å². The smallest absolute Gasteiger partial charge is 0.356 e. The Kier molecular flexibility index (Phi) is 10.4. The second-order valence-corrected chi connectivity index (χ2v) is 10.7. The topological polar surface area (TPSA) is 125 Å². The van der Waals surface area contributed by atoms with E-state index in [0.717, 1.165) is 38.6 Å². The zero-order valence-corrected chi connectivity index (χ0v) is 21.2. The molecule has 0 bridgehead atoms. The van der Waals surface area contributed by atoms with Gasteiger partial charge in [-0.1, -0.05) is 12.8 Å². The summed E-state index contributed by atoms with van der Waals surface area (Å²) >= 11 is 0. The van der Waals surface area contributed by atoms with Gasteiger partial charge in [-0.25, -0.2) is 5.43 Å². The zero-order valence-electron chi connectivity index (χ0n) is 21.2. The maximum Gasteiger partial charge on any atom is 0.522 e. The van der Waals surface area contributed by atoms with Gasteiger partial charge in [-0.2, -0.15) is 5.48 Å². The second-order valence-electron chi connectivity index (χ2n) is 10.7. The van der Waals surface area contributed by atoms with Crippen LogP contribution >= 0.6 is 0 Å². The Bertz CT molecular complexity index is 752. The summed E-state index contributed by atoms with van der Waals surface area (Å²) < 4.78 is 41.3. The highest BCUT2D eigenvalue weighted by Gasteiger charge is 2.40. The van der Waals surface area contributed by atoms with E-state index in [9.17, 15) is 22.8 Å². The maximum atomic E-state index is 12.4. The van der Waals surface area contributed by atoms with Crippen LogP contribution in [0.5, 0.6) is 0 Å². The highest BCUT2D eigenvalue weighted by atomic mass is 19.4. The van der Waals surface area contributed by atoms with Gasteiger partial charge in [-0.05, 0) is 70.3 Å². The molecule has 6 N–H and O–H groups in total. The van der Waals surface area contributed by atoms with Crippen LogP contribution in [-0.4, -0.2) is 55.9 Å². The number of unbranched alkanes of at least 4 members (excludes halogenated alkanes) is 1. The van der Waals surface area contributed by atoms with E-state index < -0.39 is 12.5 Å². The molecule has 2 saturated heterocycles. The molecule has 0 aromatic heterocycles. The van der Waals surface area contributed by atoms with Crippen LogP contribution in [-0.2, 0) is 19.2 Å². The summed E-state index contributed by atoms with van der Waals surface area (Å²) in [6, 6.07) is 0. The quantitative estimate of drug-likeness (QED) is 0.222. The molecule has 10 nitrogen and oxygen atoms in total. The van der Waals surface area contributed by atoms with Gasteiger partial charge in [0, 0.05) is 24.8 Å². The van der Waals surface area contributed by atoms with Gasteiger partial charge in [0.1, 0.15) is 6.23 Å². The van der Waals surface area contributed by atoms with Gasteiger partial charge in [-0.3, -0.25) is 29.9 Å². The predicted molar refractivity (Wildman–Crippen MR) is 128 cm³/mol. The molecule has 4 rings (SSSR count). The van der Waals surface area contributed by atoms with Gasteiger partial charge in [-0.15, -0.1) is 13.2 Å². The molecule has 2 saturated carbocycles. The third kappa shape index (κ3) is 8.75. The molecule has 4 aliphatic rings. The van der Waals surface area contributed by atoms with E-state index in [1.54, 1.807) is 0 Å². The van der Waals surface area contributed by atoms with E-state index in [1.807, 2.05) is 0 Å². The molecule has 2 heterocycles. The maximum absolute atomic E-state index is 12.4. The van der Waals surface area contributed by atoms with Crippen LogP contribution in [0.2, 0.25) is 0 Å². The van der Waals surface area contributed by atoms with Gasteiger partial charge in [0.15, 0.2) is 0 Å². The lowest BCUT2D eigenvalue weighted by Crippen LogP contribution is -2.64. The molecule has 2 aliphatic carbocycles. The minimum absolute atomic E-state index is 0.0340. The molecule has 5 atom stereocenters. The number of carbonyl (C=O) groups excluding carboxylic acids is 2. The first-order valence-electron chi connectivity index (χ1n) is 13.8. The largest absolute Gasteiger partial charge is 0.522 e. The number of fused-ring (bicyclic) bond motifs is 1. The Balaban J connectivity index is 1.02. The molecule has 0 aromatic rings. The number of hydrazine groups is 1. The summed E-state index contributed by atoms with van der Waals surface area (Å²) in [7, 11) is 0. The molecule has 4 fully saturated rings. The van der Waals surface area contributed by atoms with E-state index in [-0.39, 0.29) is 42.2 Å². The third-order valence-electron chi connectivity index (χ3n) is 8.05. The lowest BCUT2D eigenvalue weighted by atomic mass is 9.76. The third-order valence-corrected chi connectivity index (χ3v) is 8.05. The first-order chi connectivity index (χ1) is 17.8. The number of hydrogen-bond donors (Lipinski definition) is 6. The van der Waals surface area contributed by atoms with E-state index in [4.69, 9.17) is 4.84 Å². The fraction of sp³-hybridized carbons (Fsp3) is 0.917. The van der Waals surface area contributed by atoms with Crippen molar-refractivity contribution in [2.45, 2.75) is 108 Å². The van der Waals surface area contributed by atoms with Crippen molar-refractivity contribution < 1.29 is 32.3 Å². The lowest BCUT2D eigenvalue weighted by Gasteiger charge is -2.41. The molecule has 0 spiro atoms. The molecule has 5 unspecified atom stereocenters. The highest BCUT2D eigenvalue weighted by Crippen LogP contribution is 2.34. The first-order valence-corrected chi connectivity index (χ1v) is 13.8. The van der Waals surface area contributed by atoms with Crippen molar-refractivity contribution in [1.82, 2.24) is 32.3 Å². The Labute approximate surface area is 215 Å². The van der Waals surface area contributed by atoms with Crippen molar-refractivity contribution in [3.8, 4) is 0 Å². The SMILES string of the molecule is O=C(CCC1NC(C2CCC(OC(F)(F)F)CC2)NO1)NCCCCNC1NNC(=O)C2CCCCC12.